The van der Waals surface area contributed by atoms with E-state index < -0.39 is 0 Å². The number of carbonyl (C=O) groups excluding carboxylic acids is 2. The fraction of sp³-hybridized carbons (Fsp3) is 0.429. The summed E-state index contributed by atoms with van der Waals surface area (Å²) in [5.74, 6) is 0.277. The number of unbranched alkanes of at least 4 members (excludes halogenated alkanes) is 1. The molecule has 1 aliphatic heterocycles. The molecule has 2 unspecified atom stereocenters. The molecule has 2 atom stereocenters. The number of aromatic nitrogens is 3. The van der Waals surface area contributed by atoms with Gasteiger partial charge in [-0.05, 0) is 43.9 Å². The van der Waals surface area contributed by atoms with E-state index in [-0.39, 0.29) is 23.8 Å². The molecule has 2 amide bonds. The van der Waals surface area contributed by atoms with Crippen molar-refractivity contribution >= 4 is 39.1 Å². The molecule has 7 nitrogen and oxygen atoms in total. The molecule has 0 N–H and O–H groups in total. The van der Waals surface area contributed by atoms with E-state index >= 15 is 0 Å². The van der Waals surface area contributed by atoms with Gasteiger partial charge in [-0.1, -0.05) is 110 Å². The maximum absolute atomic E-state index is 14.0. The number of hydrogen-bond acceptors (Lipinski definition) is 5. The van der Waals surface area contributed by atoms with Crippen molar-refractivity contribution in [2.75, 3.05) is 19.6 Å². The van der Waals surface area contributed by atoms with Gasteiger partial charge in [-0.3, -0.25) is 9.59 Å². The minimum atomic E-state index is -0.0265. The summed E-state index contributed by atoms with van der Waals surface area (Å²) in [6.07, 6.45) is 7.24. The average molecular weight is 677 g/mol. The van der Waals surface area contributed by atoms with E-state index in [2.05, 4.69) is 67.9 Å². The Balaban J connectivity index is 1.42. The van der Waals surface area contributed by atoms with Gasteiger partial charge in [-0.2, -0.15) is 5.10 Å². The molecule has 44 heavy (non-hydrogen) atoms. The number of halogens is 1. The molecule has 2 aromatic carbocycles. The zero-order valence-electron chi connectivity index (χ0n) is 26.1. The van der Waals surface area contributed by atoms with Crippen LogP contribution in [0.4, 0.5) is 0 Å². The van der Waals surface area contributed by atoms with E-state index in [1.165, 1.54) is 0 Å². The molecule has 2 aromatic heterocycles. The van der Waals surface area contributed by atoms with Gasteiger partial charge in [-0.15, -0.1) is 0 Å². The Hall–Kier alpha value is -3.30. The van der Waals surface area contributed by atoms with Crippen LogP contribution in [0.15, 0.2) is 65.3 Å². The summed E-state index contributed by atoms with van der Waals surface area (Å²) in [6, 6.07) is 18.4. The predicted octanol–water partition coefficient (Wildman–Crippen LogP) is 8.27. The molecule has 0 radical (unpaired) electrons. The zero-order chi connectivity index (χ0) is 31.2. The number of hydrogen-bond donors (Lipinski definition) is 0. The molecule has 232 valence electrons. The first kappa shape index (κ1) is 32.1. The Kier molecular flexibility index (Phi) is 10.7. The number of piperazine rings is 1. The second-order valence-corrected chi connectivity index (χ2v) is 13.5. The predicted molar refractivity (Wildman–Crippen MR) is 182 cm³/mol. The van der Waals surface area contributed by atoms with E-state index in [9.17, 15) is 9.59 Å². The Morgan fingerprint density at radius 3 is 2.41 bits per heavy atom. The van der Waals surface area contributed by atoms with Crippen molar-refractivity contribution in [2.24, 2.45) is 5.92 Å². The summed E-state index contributed by atoms with van der Waals surface area (Å²) >= 11 is 5.13. The van der Waals surface area contributed by atoms with Gasteiger partial charge in [0.2, 0.25) is 11.0 Å². The Morgan fingerprint density at radius 1 is 1.00 bits per heavy atom. The topological polar surface area (TPSA) is 71.3 Å². The molecule has 1 aliphatic rings. The molecule has 0 saturated carbocycles. The highest BCUT2D eigenvalue weighted by Crippen LogP contribution is 2.39. The lowest BCUT2D eigenvalue weighted by atomic mass is 9.96. The quantitative estimate of drug-likeness (QED) is 0.160. The standard InChI is InChI=1S/C35H42BrN5O2S/c1-5-8-13-25(7-3)33(42)40-21-20-39(23-24(40)4)34(43)29-22-37-41(30(29)12-6-2)35-38-31(26-16-18-28(36)19-17-26)32(44-35)27-14-10-9-11-15-27/h9-11,14-19,22,24-25H,5-8,12-13,20-21,23H2,1-4H3. The van der Waals surface area contributed by atoms with Crippen LogP contribution in [0.25, 0.3) is 26.8 Å². The first-order chi connectivity index (χ1) is 21.4. The molecule has 0 aliphatic carbocycles. The highest BCUT2D eigenvalue weighted by atomic mass is 79.9. The molecule has 9 heteroatoms. The van der Waals surface area contributed by atoms with Gasteiger partial charge in [0, 0.05) is 41.6 Å². The van der Waals surface area contributed by atoms with Crippen LogP contribution in [0.5, 0.6) is 0 Å². The number of rotatable bonds is 11. The average Bonchev–Trinajstić information content (AvgIpc) is 3.67. The zero-order valence-corrected chi connectivity index (χ0v) is 28.5. The summed E-state index contributed by atoms with van der Waals surface area (Å²) in [5, 5.41) is 5.49. The van der Waals surface area contributed by atoms with Crippen LogP contribution < -0.4 is 0 Å². The number of amides is 2. The molecule has 0 spiro atoms. The minimum absolute atomic E-state index is 0.0235. The molecule has 5 rings (SSSR count). The Morgan fingerprint density at radius 2 is 1.75 bits per heavy atom. The lowest BCUT2D eigenvalue weighted by molar-refractivity contribution is -0.140. The number of nitrogens with zero attached hydrogens (tertiary/aromatic N) is 5. The summed E-state index contributed by atoms with van der Waals surface area (Å²) in [7, 11) is 0. The van der Waals surface area contributed by atoms with Gasteiger partial charge in [-0.25, -0.2) is 9.67 Å². The van der Waals surface area contributed by atoms with E-state index in [0.717, 1.165) is 69.1 Å². The van der Waals surface area contributed by atoms with Gasteiger partial charge in [0.05, 0.1) is 28.0 Å². The second kappa shape index (κ2) is 14.7. The fourth-order valence-corrected chi connectivity index (χ4v) is 7.35. The Labute approximate surface area is 273 Å². The monoisotopic (exact) mass is 675 g/mol. The van der Waals surface area contributed by atoms with E-state index in [0.29, 0.717) is 31.6 Å². The first-order valence-electron chi connectivity index (χ1n) is 15.8. The Bertz CT molecular complexity index is 1570. The third kappa shape index (κ3) is 6.84. The number of benzene rings is 2. The third-order valence-corrected chi connectivity index (χ3v) is 10.1. The molecule has 3 heterocycles. The fourth-order valence-electron chi connectivity index (χ4n) is 6.01. The largest absolute Gasteiger partial charge is 0.336 e. The van der Waals surface area contributed by atoms with Crippen LogP contribution in [-0.4, -0.2) is 62.1 Å². The molecule has 0 bridgehead atoms. The van der Waals surface area contributed by atoms with Crippen molar-refractivity contribution in [3.05, 3.63) is 76.5 Å². The number of thiazole rings is 1. The SMILES string of the molecule is CCCCC(CC)C(=O)N1CCN(C(=O)c2cnn(-c3nc(-c4ccc(Br)cc4)c(-c4ccccc4)s3)c2CCC)CC1C. The lowest BCUT2D eigenvalue weighted by Gasteiger charge is -2.41. The van der Waals surface area contributed by atoms with Crippen LogP contribution >= 0.6 is 27.3 Å². The smallest absolute Gasteiger partial charge is 0.257 e. The van der Waals surface area contributed by atoms with Gasteiger partial charge in [0.15, 0.2) is 0 Å². The van der Waals surface area contributed by atoms with Gasteiger partial charge < -0.3 is 9.80 Å². The van der Waals surface area contributed by atoms with Crippen LogP contribution in [0, 0.1) is 5.92 Å². The van der Waals surface area contributed by atoms with Crippen molar-refractivity contribution in [2.45, 2.75) is 72.3 Å². The normalized spacial score (nSPS) is 15.9. The summed E-state index contributed by atoms with van der Waals surface area (Å²) in [5.41, 5.74) is 4.51. The van der Waals surface area contributed by atoms with Crippen LogP contribution in [0.2, 0.25) is 0 Å². The molecular formula is C35H42BrN5O2S. The highest BCUT2D eigenvalue weighted by molar-refractivity contribution is 9.10. The van der Waals surface area contributed by atoms with Gasteiger partial charge in [0.1, 0.15) is 0 Å². The van der Waals surface area contributed by atoms with Crippen molar-refractivity contribution in [3.63, 3.8) is 0 Å². The van der Waals surface area contributed by atoms with Crippen LogP contribution in [0.3, 0.4) is 0 Å². The van der Waals surface area contributed by atoms with E-state index in [1.54, 1.807) is 17.5 Å². The lowest BCUT2D eigenvalue weighted by Crippen LogP contribution is -2.56. The maximum Gasteiger partial charge on any atom is 0.257 e. The summed E-state index contributed by atoms with van der Waals surface area (Å²) in [4.78, 5) is 37.4. The van der Waals surface area contributed by atoms with Crippen LogP contribution in [0.1, 0.15) is 75.9 Å². The minimum Gasteiger partial charge on any atom is -0.336 e. The third-order valence-electron chi connectivity index (χ3n) is 8.48. The molecular weight excluding hydrogens is 634 g/mol. The number of carbonyl (C=O) groups is 2. The first-order valence-corrected chi connectivity index (χ1v) is 17.5. The maximum atomic E-state index is 14.0. The van der Waals surface area contributed by atoms with Crippen molar-refractivity contribution in [1.82, 2.24) is 24.6 Å². The molecule has 4 aromatic rings. The molecule has 1 fully saturated rings. The highest BCUT2D eigenvalue weighted by Gasteiger charge is 2.34. The van der Waals surface area contributed by atoms with Crippen molar-refractivity contribution in [3.8, 4) is 26.8 Å². The van der Waals surface area contributed by atoms with Gasteiger partial charge in [0.25, 0.3) is 5.91 Å². The van der Waals surface area contributed by atoms with Crippen molar-refractivity contribution in [1.29, 1.82) is 0 Å². The van der Waals surface area contributed by atoms with E-state index in [1.807, 2.05) is 44.8 Å². The van der Waals surface area contributed by atoms with E-state index in [4.69, 9.17) is 10.1 Å². The van der Waals surface area contributed by atoms with Gasteiger partial charge >= 0.3 is 0 Å². The molecule has 1 saturated heterocycles. The second-order valence-electron chi connectivity index (χ2n) is 11.6. The summed E-state index contributed by atoms with van der Waals surface area (Å²) in [6.45, 7) is 10.1. The summed E-state index contributed by atoms with van der Waals surface area (Å²) < 4.78 is 2.87. The van der Waals surface area contributed by atoms with Crippen LogP contribution in [-0.2, 0) is 11.2 Å². The van der Waals surface area contributed by atoms with Crippen molar-refractivity contribution < 1.29 is 9.59 Å².